The van der Waals surface area contributed by atoms with Crippen LogP contribution in [0.25, 0.3) is 43.8 Å². The summed E-state index contributed by atoms with van der Waals surface area (Å²) in [5, 5.41) is 5.62. The van der Waals surface area contributed by atoms with Crippen molar-refractivity contribution in [1.82, 2.24) is 0 Å². The van der Waals surface area contributed by atoms with E-state index in [4.69, 9.17) is 0 Å². The number of rotatable bonds is 5. The van der Waals surface area contributed by atoms with E-state index in [1.807, 2.05) is 0 Å². The van der Waals surface area contributed by atoms with Crippen LogP contribution in [0.15, 0.2) is 103 Å². The summed E-state index contributed by atoms with van der Waals surface area (Å²) in [4.78, 5) is 0. The number of aryl methyl sites for hydroxylation is 10. The van der Waals surface area contributed by atoms with Gasteiger partial charge in [0.25, 0.3) is 0 Å². The molecule has 1 aliphatic carbocycles. The van der Waals surface area contributed by atoms with Crippen LogP contribution < -0.4 is 16.4 Å². The molecule has 7 aromatic rings. The summed E-state index contributed by atoms with van der Waals surface area (Å²) in [5.41, 5.74) is 23.6. The molecule has 0 heterocycles. The van der Waals surface area contributed by atoms with E-state index in [9.17, 15) is 0 Å². The van der Waals surface area contributed by atoms with Crippen LogP contribution in [0.3, 0.4) is 0 Å². The van der Waals surface area contributed by atoms with E-state index in [-0.39, 0.29) is 6.71 Å². The Bertz CT molecular complexity index is 2370. The maximum atomic E-state index is 2.60. The second-order valence-electron chi connectivity index (χ2n) is 14.9. The van der Waals surface area contributed by atoms with Gasteiger partial charge in [-0.25, -0.2) is 0 Å². The molecule has 7 aromatic carbocycles. The molecule has 1 heteroatoms. The molecule has 0 aliphatic heterocycles. The fraction of sp³-hybridized carbons (Fsp3) is 0.208. The predicted octanol–water partition coefficient (Wildman–Crippen LogP) is 10.4. The minimum atomic E-state index is 0.125. The van der Waals surface area contributed by atoms with Gasteiger partial charge >= 0.3 is 0 Å². The van der Waals surface area contributed by atoms with E-state index in [1.54, 1.807) is 0 Å². The molecule has 0 nitrogen and oxygen atoms in total. The Kier molecular flexibility index (Phi) is 7.64. The minimum Gasteiger partial charge on any atom is -0.0642 e. The Morgan fingerprint density at radius 2 is 0.898 bits per heavy atom. The Morgan fingerprint density at radius 1 is 0.408 bits per heavy atom. The first kappa shape index (κ1) is 31.4. The van der Waals surface area contributed by atoms with E-state index >= 15 is 0 Å². The highest BCUT2D eigenvalue weighted by atomic mass is 14.3. The number of hydrogen-bond acceptors (Lipinski definition) is 0. The second-order valence-corrected chi connectivity index (χ2v) is 14.9. The molecule has 0 atom stereocenters. The van der Waals surface area contributed by atoms with E-state index in [2.05, 4.69) is 159 Å². The largest absolute Gasteiger partial charge is 0.242 e. The zero-order chi connectivity index (χ0) is 34.1. The minimum absolute atomic E-state index is 0.125. The zero-order valence-corrected chi connectivity index (χ0v) is 30.3. The molecular weight excluding hydrogens is 587 g/mol. The maximum absolute atomic E-state index is 2.60. The van der Waals surface area contributed by atoms with Gasteiger partial charge in [0.05, 0.1) is 0 Å². The molecule has 0 unspecified atom stereocenters. The summed E-state index contributed by atoms with van der Waals surface area (Å²) in [6, 6.07) is 39.6. The van der Waals surface area contributed by atoms with Crippen LogP contribution in [0.1, 0.15) is 55.6 Å². The Balaban J connectivity index is 1.57. The van der Waals surface area contributed by atoms with Crippen molar-refractivity contribution in [2.24, 2.45) is 0 Å². The first-order valence-corrected chi connectivity index (χ1v) is 17.9. The Hall–Kier alpha value is -4.88. The lowest BCUT2D eigenvalue weighted by atomic mass is 9.33. The van der Waals surface area contributed by atoms with Crippen LogP contribution in [0.5, 0.6) is 0 Å². The second kappa shape index (κ2) is 11.9. The Morgan fingerprint density at radius 3 is 1.45 bits per heavy atom. The van der Waals surface area contributed by atoms with Gasteiger partial charge in [-0.3, -0.25) is 0 Å². The lowest BCUT2D eigenvalue weighted by molar-refractivity contribution is 0.975. The number of hydrogen-bond donors (Lipinski definition) is 0. The zero-order valence-electron chi connectivity index (χ0n) is 30.3. The maximum Gasteiger partial charge on any atom is 0.242 e. The van der Waals surface area contributed by atoms with Gasteiger partial charge < -0.3 is 0 Å². The summed E-state index contributed by atoms with van der Waals surface area (Å²) in [5.74, 6) is 0. The molecule has 0 saturated heterocycles. The van der Waals surface area contributed by atoms with Crippen molar-refractivity contribution in [3.05, 3.63) is 159 Å². The highest BCUT2D eigenvalue weighted by Gasteiger charge is 2.33. The van der Waals surface area contributed by atoms with Gasteiger partial charge in [-0.05, 0) is 134 Å². The summed E-state index contributed by atoms with van der Waals surface area (Å²) < 4.78 is 0. The summed E-state index contributed by atoms with van der Waals surface area (Å²) in [6.07, 6.45) is 2.06. The van der Waals surface area contributed by atoms with Crippen molar-refractivity contribution in [3.63, 3.8) is 0 Å². The van der Waals surface area contributed by atoms with Crippen molar-refractivity contribution in [2.45, 2.75) is 68.2 Å². The van der Waals surface area contributed by atoms with Gasteiger partial charge in [-0.15, -0.1) is 0 Å². The molecule has 0 amide bonds. The third kappa shape index (κ3) is 5.05. The van der Waals surface area contributed by atoms with Gasteiger partial charge in [0.1, 0.15) is 0 Å². The lowest BCUT2D eigenvalue weighted by Crippen LogP contribution is -2.57. The molecular formula is C48H45B. The van der Waals surface area contributed by atoms with Gasteiger partial charge in [0.15, 0.2) is 0 Å². The molecule has 49 heavy (non-hydrogen) atoms. The van der Waals surface area contributed by atoms with E-state index in [0.29, 0.717) is 0 Å². The first-order chi connectivity index (χ1) is 23.6. The normalized spacial score (nSPS) is 12.3. The topological polar surface area (TPSA) is 0 Å². The summed E-state index contributed by atoms with van der Waals surface area (Å²) >= 11 is 0. The quantitative estimate of drug-likeness (QED) is 0.131. The molecule has 0 radical (unpaired) electrons. The van der Waals surface area contributed by atoms with Crippen LogP contribution in [0, 0.1) is 55.4 Å². The third-order valence-corrected chi connectivity index (χ3v) is 11.4. The molecule has 0 N–H and O–H groups in total. The van der Waals surface area contributed by atoms with E-state index < -0.39 is 0 Å². The fourth-order valence-electron chi connectivity index (χ4n) is 9.50. The van der Waals surface area contributed by atoms with E-state index in [0.717, 1.165) is 12.8 Å². The first-order valence-electron chi connectivity index (χ1n) is 17.9. The molecule has 1 aliphatic rings. The highest BCUT2D eigenvalue weighted by Crippen LogP contribution is 2.44. The summed E-state index contributed by atoms with van der Waals surface area (Å²) in [7, 11) is 0. The van der Waals surface area contributed by atoms with Crippen molar-refractivity contribution >= 4 is 44.6 Å². The average molecular weight is 633 g/mol. The standard InChI is InChI=1S/C48H45B/c1-28-23-32(5)47(33(6)24-28)49(48-34(7)25-29(2)26-35(48)8)44-27-43(38-16-12-10-14-31(38)4)41-20-18-36-17-19-39(37-15-11-9-13-30(37)3)40-21-22-42(44)46(41)45(36)40/h9-20,23-27H,21-22H2,1-8H3. The SMILES string of the molecule is Cc1cc(C)c(B(c2cc(-c3ccccc3C)c3ccc4ccc(-c5ccccc5C)c5c4c3c2CC5)c2c(C)cc(C)cc2C)c(C)c1. The van der Waals surface area contributed by atoms with Crippen molar-refractivity contribution in [2.75, 3.05) is 0 Å². The third-order valence-electron chi connectivity index (χ3n) is 11.4. The highest BCUT2D eigenvalue weighted by molar-refractivity contribution is 6.97. The summed E-state index contributed by atoms with van der Waals surface area (Å²) in [6.45, 7) is 18.4. The molecule has 0 aromatic heterocycles. The molecule has 240 valence electrons. The molecule has 0 saturated carbocycles. The lowest BCUT2D eigenvalue weighted by Gasteiger charge is -2.31. The fourth-order valence-corrected chi connectivity index (χ4v) is 9.50. The molecule has 0 bridgehead atoms. The van der Waals surface area contributed by atoms with Crippen LogP contribution in [0.4, 0.5) is 0 Å². The van der Waals surface area contributed by atoms with Gasteiger partial charge in [0, 0.05) is 0 Å². The average Bonchev–Trinajstić information content (AvgIpc) is 3.06. The number of benzene rings is 7. The smallest absolute Gasteiger partial charge is 0.0642 e. The van der Waals surface area contributed by atoms with Crippen LogP contribution in [-0.2, 0) is 12.8 Å². The van der Waals surface area contributed by atoms with Crippen LogP contribution in [0.2, 0.25) is 0 Å². The van der Waals surface area contributed by atoms with Crippen molar-refractivity contribution in [3.8, 4) is 22.3 Å². The predicted molar refractivity (Wildman–Crippen MR) is 215 cm³/mol. The van der Waals surface area contributed by atoms with E-state index in [1.165, 1.54) is 116 Å². The van der Waals surface area contributed by atoms with Crippen LogP contribution in [-0.4, -0.2) is 6.71 Å². The van der Waals surface area contributed by atoms with Crippen molar-refractivity contribution < 1.29 is 0 Å². The Labute approximate surface area is 292 Å². The molecule has 8 rings (SSSR count). The molecule has 0 fully saturated rings. The van der Waals surface area contributed by atoms with Gasteiger partial charge in [-0.2, -0.15) is 0 Å². The monoisotopic (exact) mass is 632 g/mol. The van der Waals surface area contributed by atoms with Gasteiger partial charge in [0.2, 0.25) is 6.71 Å². The van der Waals surface area contributed by atoms with Crippen molar-refractivity contribution in [1.29, 1.82) is 0 Å². The molecule has 0 spiro atoms. The van der Waals surface area contributed by atoms with Crippen LogP contribution >= 0.6 is 0 Å². The van der Waals surface area contributed by atoms with Gasteiger partial charge in [-0.1, -0.05) is 153 Å².